The Morgan fingerprint density at radius 2 is 2.07 bits per heavy atom. The molecule has 0 aromatic rings. The lowest BCUT2D eigenvalue weighted by molar-refractivity contribution is -0.149. The van der Waals surface area contributed by atoms with E-state index in [1.165, 1.54) is 6.42 Å². The molecule has 0 amide bonds. The summed E-state index contributed by atoms with van der Waals surface area (Å²) < 4.78 is 0. The molecule has 0 spiro atoms. The predicted molar refractivity (Wildman–Crippen MR) is 59.5 cm³/mol. The van der Waals surface area contributed by atoms with Crippen molar-refractivity contribution in [2.75, 3.05) is 0 Å². The highest BCUT2D eigenvalue weighted by atomic mass is 16.3. The zero-order valence-electron chi connectivity index (χ0n) is 10.0. The topological polar surface area (TPSA) is 37.3 Å². The summed E-state index contributed by atoms with van der Waals surface area (Å²) in [5, 5.41) is 10.9. The number of fused-ring (bicyclic) bond motifs is 2. The number of carbonyl (C=O) groups excluding carboxylic acids is 1. The average Bonchev–Trinajstić information content (AvgIpc) is 2.63. The highest BCUT2D eigenvalue weighted by molar-refractivity contribution is 5.49. The van der Waals surface area contributed by atoms with Crippen LogP contribution in [0.4, 0.5) is 0 Å². The van der Waals surface area contributed by atoms with Crippen molar-refractivity contribution in [3.63, 3.8) is 0 Å². The molecule has 0 radical (unpaired) electrons. The van der Waals surface area contributed by atoms with Crippen molar-refractivity contribution >= 4 is 6.29 Å². The first-order chi connectivity index (χ1) is 6.87. The second kappa shape index (κ2) is 3.07. The van der Waals surface area contributed by atoms with Gasteiger partial charge in [0.05, 0.1) is 5.60 Å². The third kappa shape index (κ3) is 1.17. The van der Waals surface area contributed by atoms with Gasteiger partial charge in [-0.1, -0.05) is 20.8 Å². The van der Waals surface area contributed by atoms with Gasteiger partial charge in [-0.25, -0.2) is 0 Å². The van der Waals surface area contributed by atoms with E-state index in [4.69, 9.17) is 0 Å². The van der Waals surface area contributed by atoms with E-state index >= 15 is 0 Å². The lowest BCUT2D eigenvalue weighted by Crippen LogP contribution is -2.54. The van der Waals surface area contributed by atoms with Gasteiger partial charge < -0.3 is 9.90 Å². The highest BCUT2D eigenvalue weighted by Crippen LogP contribution is 2.69. The number of rotatable bonds is 3. The summed E-state index contributed by atoms with van der Waals surface area (Å²) in [7, 11) is 0. The summed E-state index contributed by atoms with van der Waals surface area (Å²) >= 11 is 0. The second-order valence-corrected chi connectivity index (χ2v) is 6.29. The number of aldehydes is 1. The van der Waals surface area contributed by atoms with Crippen LogP contribution in [0.1, 0.15) is 52.9 Å². The maximum absolute atomic E-state index is 10.9. The first-order valence-corrected chi connectivity index (χ1v) is 6.03. The van der Waals surface area contributed by atoms with Crippen LogP contribution < -0.4 is 0 Å². The van der Waals surface area contributed by atoms with Crippen LogP contribution in [0.2, 0.25) is 0 Å². The predicted octanol–water partition coefficient (Wildman–Crippen LogP) is 2.54. The van der Waals surface area contributed by atoms with Gasteiger partial charge in [0.15, 0.2) is 0 Å². The van der Waals surface area contributed by atoms with Crippen molar-refractivity contribution in [3.05, 3.63) is 0 Å². The fraction of sp³-hybridized carbons (Fsp3) is 0.923. The molecule has 2 rings (SSSR count). The maximum atomic E-state index is 10.9. The van der Waals surface area contributed by atoms with Crippen molar-refractivity contribution < 1.29 is 9.90 Å². The molecule has 2 bridgehead atoms. The number of carbonyl (C=O) groups is 1. The zero-order chi connectivity index (χ0) is 11.3. The fourth-order valence-corrected chi connectivity index (χ4v) is 4.24. The molecule has 2 aliphatic rings. The van der Waals surface area contributed by atoms with E-state index in [1.54, 1.807) is 0 Å². The lowest BCUT2D eigenvalue weighted by atomic mass is 9.59. The largest absolute Gasteiger partial charge is 0.389 e. The molecule has 2 fully saturated rings. The van der Waals surface area contributed by atoms with Gasteiger partial charge in [0, 0.05) is 6.42 Å². The highest BCUT2D eigenvalue weighted by Gasteiger charge is 2.67. The minimum atomic E-state index is -0.635. The molecule has 0 saturated heterocycles. The molecule has 2 aliphatic carbocycles. The van der Waals surface area contributed by atoms with Crippen LogP contribution in [0, 0.1) is 16.7 Å². The van der Waals surface area contributed by atoms with Gasteiger partial charge in [-0.15, -0.1) is 0 Å². The molecular formula is C13H22O2. The lowest BCUT2D eigenvalue weighted by Gasteiger charge is -2.50. The average molecular weight is 210 g/mol. The Morgan fingerprint density at radius 1 is 1.40 bits per heavy atom. The Balaban J connectivity index is 2.32. The van der Waals surface area contributed by atoms with Gasteiger partial charge in [0.25, 0.3) is 0 Å². The van der Waals surface area contributed by atoms with Crippen molar-refractivity contribution in [1.29, 1.82) is 0 Å². The van der Waals surface area contributed by atoms with Crippen molar-refractivity contribution in [2.24, 2.45) is 16.7 Å². The number of hydrogen-bond acceptors (Lipinski definition) is 2. The van der Waals surface area contributed by atoms with E-state index in [2.05, 4.69) is 20.8 Å². The summed E-state index contributed by atoms with van der Waals surface area (Å²) in [5.41, 5.74) is -0.614. The smallest absolute Gasteiger partial charge is 0.120 e. The van der Waals surface area contributed by atoms with E-state index in [0.717, 1.165) is 19.1 Å². The SMILES string of the molecule is CC12CCC(C1)C(C)(C)C2(O)CCC=O. The van der Waals surface area contributed by atoms with Gasteiger partial charge in [-0.2, -0.15) is 0 Å². The minimum absolute atomic E-state index is 0.0248. The van der Waals surface area contributed by atoms with E-state index in [0.29, 0.717) is 18.8 Å². The molecule has 0 heterocycles. The molecule has 0 aliphatic heterocycles. The van der Waals surface area contributed by atoms with Gasteiger partial charge in [-0.05, 0) is 42.4 Å². The maximum Gasteiger partial charge on any atom is 0.120 e. The number of hydrogen-bond donors (Lipinski definition) is 1. The molecule has 2 saturated carbocycles. The second-order valence-electron chi connectivity index (χ2n) is 6.29. The monoisotopic (exact) mass is 210 g/mol. The Bertz CT molecular complexity index is 278. The Hall–Kier alpha value is -0.370. The standard InChI is InChI=1S/C13H22O2/c1-11(2)10-5-7-12(3,9-10)13(11,15)6-4-8-14/h8,10,15H,4-7,9H2,1-3H3. The molecule has 2 nitrogen and oxygen atoms in total. The molecule has 15 heavy (non-hydrogen) atoms. The molecule has 1 N–H and O–H groups in total. The van der Waals surface area contributed by atoms with Crippen molar-refractivity contribution in [1.82, 2.24) is 0 Å². The fourth-order valence-electron chi connectivity index (χ4n) is 4.24. The van der Waals surface area contributed by atoms with Crippen molar-refractivity contribution in [2.45, 2.75) is 58.5 Å². The molecular weight excluding hydrogens is 188 g/mol. The molecule has 86 valence electrons. The normalized spacial score (nSPS) is 47.1. The van der Waals surface area contributed by atoms with Crippen LogP contribution in [-0.2, 0) is 4.79 Å². The molecule has 0 aromatic heterocycles. The molecule has 3 unspecified atom stereocenters. The quantitative estimate of drug-likeness (QED) is 0.727. The Labute approximate surface area is 92.1 Å². The minimum Gasteiger partial charge on any atom is -0.389 e. The van der Waals surface area contributed by atoms with E-state index in [9.17, 15) is 9.90 Å². The molecule has 0 aromatic carbocycles. The van der Waals surface area contributed by atoms with E-state index in [-0.39, 0.29) is 10.8 Å². The van der Waals surface area contributed by atoms with E-state index < -0.39 is 5.60 Å². The Kier molecular flexibility index (Phi) is 2.27. The summed E-state index contributed by atoms with van der Waals surface area (Å²) in [6, 6.07) is 0. The van der Waals surface area contributed by atoms with Crippen LogP contribution in [0.15, 0.2) is 0 Å². The molecule has 2 heteroatoms. The molecule has 3 atom stereocenters. The summed E-state index contributed by atoms with van der Waals surface area (Å²) in [6.07, 6.45) is 5.56. The van der Waals surface area contributed by atoms with Gasteiger partial charge >= 0.3 is 0 Å². The first kappa shape index (κ1) is 11.1. The van der Waals surface area contributed by atoms with Crippen LogP contribution in [0.3, 0.4) is 0 Å². The summed E-state index contributed by atoms with van der Waals surface area (Å²) in [5.74, 6) is 0.638. The van der Waals surface area contributed by atoms with Crippen LogP contribution in [0.25, 0.3) is 0 Å². The van der Waals surface area contributed by atoms with Crippen LogP contribution in [-0.4, -0.2) is 17.0 Å². The third-order valence-corrected chi connectivity index (χ3v) is 5.45. The van der Waals surface area contributed by atoms with Crippen LogP contribution >= 0.6 is 0 Å². The van der Waals surface area contributed by atoms with Crippen molar-refractivity contribution in [3.8, 4) is 0 Å². The zero-order valence-corrected chi connectivity index (χ0v) is 10.0. The summed E-state index contributed by atoms with van der Waals surface area (Å²) in [6.45, 7) is 6.55. The third-order valence-electron chi connectivity index (χ3n) is 5.45. The number of aliphatic hydroxyl groups is 1. The van der Waals surface area contributed by atoms with E-state index in [1.807, 2.05) is 0 Å². The van der Waals surface area contributed by atoms with Gasteiger partial charge in [-0.3, -0.25) is 0 Å². The van der Waals surface area contributed by atoms with Crippen LogP contribution in [0.5, 0.6) is 0 Å². The Morgan fingerprint density at radius 3 is 2.53 bits per heavy atom. The summed E-state index contributed by atoms with van der Waals surface area (Å²) in [4.78, 5) is 10.5. The van der Waals surface area contributed by atoms with Gasteiger partial charge in [0.1, 0.15) is 6.29 Å². The first-order valence-electron chi connectivity index (χ1n) is 6.03. The van der Waals surface area contributed by atoms with Gasteiger partial charge in [0.2, 0.25) is 0 Å².